The van der Waals surface area contributed by atoms with Gasteiger partial charge < -0.3 is 9.47 Å². The number of fused-ring (bicyclic) bond motifs is 2. The Labute approximate surface area is 263 Å². The summed E-state index contributed by atoms with van der Waals surface area (Å²) >= 11 is 0. The van der Waals surface area contributed by atoms with Crippen molar-refractivity contribution in [3.05, 3.63) is 130 Å². The molecule has 3 heterocycles. The molecule has 4 heteroatoms. The van der Waals surface area contributed by atoms with Crippen molar-refractivity contribution in [2.24, 2.45) is 0 Å². The molecule has 4 nitrogen and oxygen atoms in total. The normalized spacial score (nSPS) is 23.1. The fourth-order valence-electron chi connectivity index (χ4n) is 8.33. The minimum absolute atomic E-state index is 0.177. The van der Waals surface area contributed by atoms with Gasteiger partial charge in [0.15, 0.2) is 0 Å². The van der Waals surface area contributed by atoms with Crippen molar-refractivity contribution in [1.29, 1.82) is 0 Å². The number of hydrogen-bond acceptors (Lipinski definition) is 3. The van der Waals surface area contributed by atoms with Crippen molar-refractivity contribution in [3.63, 3.8) is 0 Å². The monoisotopic (exact) mass is 587 g/mol. The number of benzene rings is 4. The van der Waals surface area contributed by atoms with Crippen molar-refractivity contribution < 1.29 is 9.47 Å². The second-order valence-electron chi connectivity index (χ2n) is 13.1. The molecule has 1 saturated heterocycles. The van der Waals surface area contributed by atoms with E-state index in [4.69, 9.17) is 9.47 Å². The minimum atomic E-state index is 0.177. The van der Waals surface area contributed by atoms with Crippen LogP contribution in [0.2, 0.25) is 0 Å². The number of quaternary nitrogens is 1. The number of piperazine rings is 1. The average Bonchev–Trinajstić information content (AvgIpc) is 3.07. The molecular formula is C40H47N2O2+. The third kappa shape index (κ3) is 5.77. The Kier molecular flexibility index (Phi) is 8.69. The van der Waals surface area contributed by atoms with Gasteiger partial charge in [0.1, 0.15) is 24.5 Å². The van der Waals surface area contributed by atoms with Crippen molar-refractivity contribution >= 4 is 11.4 Å². The summed E-state index contributed by atoms with van der Waals surface area (Å²) in [5, 5.41) is 0. The van der Waals surface area contributed by atoms with Crippen LogP contribution < -0.4 is 4.48 Å². The molecule has 4 aromatic carbocycles. The van der Waals surface area contributed by atoms with E-state index in [9.17, 15) is 0 Å². The van der Waals surface area contributed by atoms with Crippen LogP contribution in [0, 0.1) is 13.8 Å². The van der Waals surface area contributed by atoms with Gasteiger partial charge in [-0.15, -0.1) is 0 Å². The van der Waals surface area contributed by atoms with Crippen molar-refractivity contribution in [3.8, 4) is 0 Å². The first-order chi connectivity index (χ1) is 21.6. The molecule has 4 aromatic rings. The first-order valence-electron chi connectivity index (χ1n) is 16.7. The van der Waals surface area contributed by atoms with E-state index in [1.807, 2.05) is 0 Å². The fraction of sp³-hybridized carbons (Fsp3) is 0.400. The molecule has 3 aliphatic heterocycles. The number of para-hydroxylation sites is 2. The molecule has 0 aliphatic carbocycles. The topological polar surface area (TPSA) is 21.7 Å². The summed E-state index contributed by atoms with van der Waals surface area (Å²) in [7, 11) is 0. The van der Waals surface area contributed by atoms with Gasteiger partial charge >= 0.3 is 0 Å². The highest BCUT2D eigenvalue weighted by Crippen LogP contribution is 2.43. The van der Waals surface area contributed by atoms with Crippen LogP contribution in [-0.2, 0) is 22.3 Å². The average molecular weight is 588 g/mol. The minimum Gasteiger partial charge on any atom is -0.373 e. The highest BCUT2D eigenvalue weighted by atomic mass is 16.5. The van der Waals surface area contributed by atoms with Gasteiger partial charge in [0.2, 0.25) is 0 Å². The zero-order valence-corrected chi connectivity index (χ0v) is 26.5. The van der Waals surface area contributed by atoms with Gasteiger partial charge in [-0.1, -0.05) is 84.9 Å². The fourth-order valence-corrected chi connectivity index (χ4v) is 8.33. The number of hydrogen-bond donors (Lipinski definition) is 0. The Bertz CT molecular complexity index is 1540. The summed E-state index contributed by atoms with van der Waals surface area (Å²) in [6.07, 6.45) is 5.59. The standard InChI is InChI=1S/C40H47N2O2/c1-30-11-3-9-17-37(30)42(38-18-10-4-12-31(38)2)26-25-41(24-21-40-36-16-8-6-14-33(36)23-28-44-40)34(29-42)19-20-39-35-15-7-5-13-32(35)22-27-43-39/h3-18,34,39-40H,19-29H2,1-2H3/q+1. The largest absolute Gasteiger partial charge is 0.373 e. The van der Waals surface area contributed by atoms with E-state index >= 15 is 0 Å². The molecule has 0 radical (unpaired) electrons. The summed E-state index contributed by atoms with van der Waals surface area (Å²) in [6.45, 7) is 10.5. The second kappa shape index (κ2) is 13.0. The summed E-state index contributed by atoms with van der Waals surface area (Å²) in [5.41, 5.74) is 11.3. The number of nitrogens with zero attached hydrogens (tertiary/aromatic N) is 2. The van der Waals surface area contributed by atoms with Gasteiger partial charge in [0, 0.05) is 24.2 Å². The van der Waals surface area contributed by atoms with E-state index in [2.05, 4.69) is 116 Å². The molecule has 0 bridgehead atoms. The highest BCUT2D eigenvalue weighted by molar-refractivity contribution is 5.65. The molecule has 3 unspecified atom stereocenters. The van der Waals surface area contributed by atoms with Crippen LogP contribution in [0.25, 0.3) is 0 Å². The molecule has 3 atom stereocenters. The van der Waals surface area contributed by atoms with Gasteiger partial charge in [-0.3, -0.25) is 9.38 Å². The Morgan fingerprint density at radius 2 is 1.16 bits per heavy atom. The maximum atomic E-state index is 6.44. The highest BCUT2D eigenvalue weighted by Gasteiger charge is 2.44. The quantitative estimate of drug-likeness (QED) is 0.193. The predicted molar refractivity (Wildman–Crippen MR) is 180 cm³/mol. The second-order valence-corrected chi connectivity index (χ2v) is 13.1. The number of aryl methyl sites for hydroxylation is 2. The molecule has 3 aliphatic rings. The van der Waals surface area contributed by atoms with Gasteiger partial charge in [-0.05, 0) is 80.3 Å². The van der Waals surface area contributed by atoms with Gasteiger partial charge in [0.25, 0.3) is 0 Å². The van der Waals surface area contributed by atoms with Crippen LogP contribution in [-0.4, -0.2) is 50.3 Å². The molecular weight excluding hydrogens is 540 g/mol. The number of rotatable bonds is 8. The zero-order valence-electron chi connectivity index (χ0n) is 26.5. The molecule has 0 aromatic heterocycles. The van der Waals surface area contributed by atoms with E-state index in [0.29, 0.717) is 6.04 Å². The lowest BCUT2D eigenvalue weighted by Crippen LogP contribution is -2.62. The third-order valence-corrected chi connectivity index (χ3v) is 10.6. The van der Waals surface area contributed by atoms with Gasteiger partial charge in [0.05, 0.1) is 31.5 Å². The van der Waals surface area contributed by atoms with E-state index < -0.39 is 0 Å². The van der Waals surface area contributed by atoms with Crippen molar-refractivity contribution in [1.82, 2.24) is 9.38 Å². The van der Waals surface area contributed by atoms with E-state index in [1.54, 1.807) is 0 Å². The van der Waals surface area contributed by atoms with Crippen LogP contribution in [0.3, 0.4) is 0 Å². The predicted octanol–water partition coefficient (Wildman–Crippen LogP) is 8.42. The molecule has 0 N–H and O–H groups in total. The summed E-state index contributed by atoms with van der Waals surface area (Å²) < 4.78 is 13.7. The van der Waals surface area contributed by atoms with E-state index in [1.165, 1.54) is 44.8 Å². The SMILES string of the molecule is Cc1ccccc1[N+]1(c2ccccc2C)CCN(CCC2OCCc3ccccc32)C(CCC2OCCc3ccccc32)C1. The first-order valence-corrected chi connectivity index (χ1v) is 16.7. The van der Waals surface area contributed by atoms with E-state index in [-0.39, 0.29) is 12.2 Å². The smallest absolute Gasteiger partial charge is 0.140 e. The summed E-state index contributed by atoms with van der Waals surface area (Å²) in [4.78, 5) is 2.79. The molecule has 228 valence electrons. The third-order valence-electron chi connectivity index (χ3n) is 10.6. The van der Waals surface area contributed by atoms with Crippen LogP contribution in [0.15, 0.2) is 97.1 Å². The maximum Gasteiger partial charge on any atom is 0.140 e. The molecule has 0 spiro atoms. The van der Waals surface area contributed by atoms with Crippen LogP contribution in [0.1, 0.15) is 64.9 Å². The molecule has 44 heavy (non-hydrogen) atoms. The molecule has 1 fully saturated rings. The van der Waals surface area contributed by atoms with Gasteiger partial charge in [-0.25, -0.2) is 0 Å². The van der Waals surface area contributed by atoms with Crippen molar-refractivity contribution in [2.75, 3.05) is 39.4 Å². The lowest BCUT2D eigenvalue weighted by Gasteiger charge is -2.49. The lowest BCUT2D eigenvalue weighted by atomic mass is 9.91. The Morgan fingerprint density at radius 3 is 1.75 bits per heavy atom. The van der Waals surface area contributed by atoms with Crippen LogP contribution in [0.5, 0.6) is 0 Å². The van der Waals surface area contributed by atoms with E-state index in [0.717, 1.165) is 76.0 Å². The number of ether oxygens (including phenoxy) is 2. The molecule has 0 saturated carbocycles. The molecule has 7 rings (SSSR count). The summed E-state index contributed by atoms with van der Waals surface area (Å²) in [5.74, 6) is 0. The Balaban J connectivity index is 1.20. The summed E-state index contributed by atoms with van der Waals surface area (Å²) in [6, 6.07) is 36.4. The van der Waals surface area contributed by atoms with Crippen LogP contribution >= 0.6 is 0 Å². The Morgan fingerprint density at radius 1 is 0.636 bits per heavy atom. The van der Waals surface area contributed by atoms with Crippen LogP contribution in [0.4, 0.5) is 11.4 Å². The Hall–Kier alpha value is -3.28. The van der Waals surface area contributed by atoms with Crippen molar-refractivity contribution in [2.45, 2.75) is 64.2 Å². The zero-order chi connectivity index (χ0) is 29.9. The first kappa shape index (κ1) is 29.4. The maximum absolute atomic E-state index is 6.44. The lowest BCUT2D eigenvalue weighted by molar-refractivity contribution is 0.00822. The molecule has 0 amide bonds. The van der Waals surface area contributed by atoms with Gasteiger partial charge in [-0.2, -0.15) is 0 Å².